The molecule has 2 amide bonds. The number of hydrogen-bond acceptors (Lipinski definition) is 8. The monoisotopic (exact) mass is 461 g/mol. The van der Waals surface area contributed by atoms with Crippen molar-refractivity contribution in [3.05, 3.63) is 87.9 Å². The van der Waals surface area contributed by atoms with Crippen LogP contribution in [0.5, 0.6) is 0 Å². The number of rotatable bonds is 7. The largest absolute Gasteiger partial charge is 0.467 e. The van der Waals surface area contributed by atoms with Gasteiger partial charge in [-0.3, -0.25) is 29.5 Å². The lowest BCUT2D eigenvalue weighted by molar-refractivity contribution is -0.384. The highest BCUT2D eigenvalue weighted by Crippen LogP contribution is 2.31. The van der Waals surface area contributed by atoms with Crippen molar-refractivity contribution in [2.75, 3.05) is 43.1 Å². The van der Waals surface area contributed by atoms with E-state index in [2.05, 4.69) is 15.1 Å². The minimum Gasteiger partial charge on any atom is -0.467 e. The Bertz CT molecular complexity index is 1200. The molecule has 3 aromatic rings. The first kappa shape index (κ1) is 21.7. The fraction of sp³-hybridized carbons (Fsp3) is 0.250. The molecule has 2 aliphatic heterocycles. The molecule has 174 valence electrons. The number of nitro groups is 1. The first-order valence-electron chi connectivity index (χ1n) is 11.0. The van der Waals surface area contributed by atoms with Crippen molar-refractivity contribution in [2.45, 2.75) is 6.54 Å². The van der Waals surface area contributed by atoms with Crippen LogP contribution in [0.3, 0.4) is 0 Å². The fourth-order valence-electron chi connectivity index (χ4n) is 4.33. The molecule has 1 N–H and O–H groups in total. The molecule has 5 rings (SSSR count). The first-order chi connectivity index (χ1) is 16.5. The minimum absolute atomic E-state index is 0.000401. The summed E-state index contributed by atoms with van der Waals surface area (Å²) in [4.78, 5) is 41.8. The summed E-state index contributed by atoms with van der Waals surface area (Å²) in [5.41, 5.74) is 2.19. The number of benzene rings is 2. The Morgan fingerprint density at radius 3 is 2.26 bits per heavy atom. The smallest absolute Gasteiger partial charge is 0.292 e. The Morgan fingerprint density at radius 1 is 0.941 bits per heavy atom. The quantitative estimate of drug-likeness (QED) is 0.324. The van der Waals surface area contributed by atoms with Crippen LogP contribution in [0, 0.1) is 10.1 Å². The van der Waals surface area contributed by atoms with Gasteiger partial charge >= 0.3 is 0 Å². The van der Waals surface area contributed by atoms with Gasteiger partial charge in [0.25, 0.3) is 17.5 Å². The van der Waals surface area contributed by atoms with Crippen molar-refractivity contribution in [2.24, 2.45) is 0 Å². The Morgan fingerprint density at radius 2 is 1.65 bits per heavy atom. The van der Waals surface area contributed by atoms with Gasteiger partial charge in [-0.25, -0.2) is 0 Å². The van der Waals surface area contributed by atoms with Crippen LogP contribution in [-0.2, 0) is 6.54 Å². The Hall–Kier alpha value is -4.18. The standard InChI is InChI=1S/C24H23N5O5/c30-23-19-5-1-2-6-20(19)24(31)28(23)16-26-9-11-27(12-10-26)17-7-8-22(29(32)33)21(14-17)25-15-18-4-3-13-34-18/h1-8,13-14,25H,9-12,15-16H2. The highest BCUT2D eigenvalue weighted by molar-refractivity contribution is 6.21. The van der Waals surface area contributed by atoms with Crippen LogP contribution in [0.25, 0.3) is 0 Å². The number of piperazine rings is 1. The maximum atomic E-state index is 12.6. The molecule has 0 bridgehead atoms. The number of carbonyl (C=O) groups is 2. The van der Waals surface area contributed by atoms with Crippen molar-refractivity contribution in [3.63, 3.8) is 0 Å². The van der Waals surface area contributed by atoms with Crippen molar-refractivity contribution in [1.82, 2.24) is 9.80 Å². The zero-order chi connectivity index (χ0) is 23.7. The molecule has 10 nitrogen and oxygen atoms in total. The van der Waals surface area contributed by atoms with Crippen molar-refractivity contribution in [1.29, 1.82) is 0 Å². The summed E-state index contributed by atoms with van der Waals surface area (Å²) in [6.07, 6.45) is 1.56. The van der Waals surface area contributed by atoms with E-state index in [4.69, 9.17) is 4.42 Å². The van der Waals surface area contributed by atoms with Gasteiger partial charge < -0.3 is 14.6 Å². The van der Waals surface area contributed by atoms with Gasteiger partial charge in [0.05, 0.1) is 35.5 Å². The Labute approximate surface area is 195 Å². The van der Waals surface area contributed by atoms with Crippen LogP contribution in [0.1, 0.15) is 26.5 Å². The van der Waals surface area contributed by atoms with Gasteiger partial charge in [-0.05, 0) is 36.4 Å². The molecule has 0 aliphatic carbocycles. The van der Waals surface area contributed by atoms with Gasteiger partial charge in [0.2, 0.25) is 0 Å². The summed E-state index contributed by atoms with van der Waals surface area (Å²) in [6, 6.07) is 15.5. The van der Waals surface area contributed by atoms with E-state index >= 15 is 0 Å². The molecule has 0 atom stereocenters. The number of imide groups is 1. The molecule has 1 aromatic heterocycles. The third-order valence-corrected chi connectivity index (χ3v) is 6.17. The molecule has 0 saturated carbocycles. The number of fused-ring (bicyclic) bond motifs is 1. The normalized spacial score (nSPS) is 16.1. The topological polar surface area (TPSA) is 112 Å². The average Bonchev–Trinajstić information content (AvgIpc) is 3.46. The van der Waals surface area contributed by atoms with Crippen LogP contribution in [-0.4, -0.2) is 59.4 Å². The third-order valence-electron chi connectivity index (χ3n) is 6.17. The fourth-order valence-corrected chi connectivity index (χ4v) is 4.33. The number of carbonyl (C=O) groups excluding carboxylic acids is 2. The molecular formula is C24H23N5O5. The maximum absolute atomic E-state index is 12.6. The summed E-state index contributed by atoms with van der Waals surface area (Å²) in [5, 5.41) is 14.6. The first-order valence-corrected chi connectivity index (χ1v) is 11.0. The van der Waals surface area contributed by atoms with Crippen molar-refractivity contribution in [3.8, 4) is 0 Å². The summed E-state index contributed by atoms with van der Waals surface area (Å²) >= 11 is 0. The second kappa shape index (κ2) is 8.99. The predicted octanol–water partition coefficient (Wildman–Crippen LogP) is 3.18. The maximum Gasteiger partial charge on any atom is 0.292 e. The van der Waals surface area contributed by atoms with E-state index in [0.29, 0.717) is 55.3 Å². The zero-order valence-electron chi connectivity index (χ0n) is 18.3. The molecule has 0 radical (unpaired) electrons. The van der Waals surface area contributed by atoms with Crippen molar-refractivity contribution >= 4 is 28.9 Å². The number of amides is 2. The molecule has 0 unspecified atom stereocenters. The SMILES string of the molecule is O=C1c2ccccc2C(=O)N1CN1CCN(c2ccc([N+](=O)[O-])c(NCc3ccco3)c2)CC1. The van der Waals surface area contributed by atoms with Crippen LogP contribution in [0.2, 0.25) is 0 Å². The Kier molecular flexibility index (Phi) is 5.72. The summed E-state index contributed by atoms with van der Waals surface area (Å²) in [5.74, 6) is 0.165. The van der Waals surface area contributed by atoms with Crippen LogP contribution in [0.4, 0.5) is 17.1 Å². The minimum atomic E-state index is -0.408. The zero-order valence-corrected chi connectivity index (χ0v) is 18.3. The molecular weight excluding hydrogens is 438 g/mol. The second-order valence-electron chi connectivity index (χ2n) is 8.22. The third kappa shape index (κ3) is 4.11. The van der Waals surface area contributed by atoms with Gasteiger partial charge in [0, 0.05) is 37.9 Å². The van der Waals surface area contributed by atoms with Crippen LogP contribution in [0.15, 0.2) is 65.3 Å². The van der Waals surface area contributed by atoms with Gasteiger partial charge in [-0.15, -0.1) is 0 Å². The second-order valence-corrected chi connectivity index (χ2v) is 8.22. The molecule has 2 aliphatic rings. The lowest BCUT2D eigenvalue weighted by atomic mass is 10.1. The average molecular weight is 461 g/mol. The van der Waals surface area contributed by atoms with Gasteiger partial charge in [-0.1, -0.05) is 12.1 Å². The number of hydrogen-bond donors (Lipinski definition) is 1. The lowest BCUT2D eigenvalue weighted by Gasteiger charge is -2.37. The molecule has 1 saturated heterocycles. The summed E-state index contributed by atoms with van der Waals surface area (Å²) in [6.45, 7) is 3.22. The van der Waals surface area contributed by atoms with Gasteiger partial charge in [-0.2, -0.15) is 0 Å². The molecule has 2 aromatic carbocycles. The van der Waals surface area contributed by atoms with Crippen LogP contribution >= 0.6 is 0 Å². The number of furan rings is 1. The predicted molar refractivity (Wildman–Crippen MR) is 125 cm³/mol. The summed E-state index contributed by atoms with van der Waals surface area (Å²) < 4.78 is 5.30. The molecule has 1 fully saturated rings. The molecule has 3 heterocycles. The van der Waals surface area contributed by atoms with E-state index in [1.54, 1.807) is 54.8 Å². The summed E-state index contributed by atoms with van der Waals surface area (Å²) in [7, 11) is 0. The molecule has 0 spiro atoms. The van der Waals surface area contributed by atoms with E-state index in [9.17, 15) is 19.7 Å². The van der Waals surface area contributed by atoms with Gasteiger partial charge in [0.15, 0.2) is 0 Å². The molecule has 10 heteroatoms. The van der Waals surface area contributed by atoms with E-state index in [0.717, 1.165) is 5.69 Å². The highest BCUT2D eigenvalue weighted by atomic mass is 16.6. The van der Waals surface area contributed by atoms with E-state index < -0.39 is 4.92 Å². The number of nitro benzene ring substituents is 1. The van der Waals surface area contributed by atoms with Crippen molar-refractivity contribution < 1.29 is 18.9 Å². The highest BCUT2D eigenvalue weighted by Gasteiger charge is 2.36. The van der Waals surface area contributed by atoms with Crippen LogP contribution < -0.4 is 10.2 Å². The number of anilines is 2. The van der Waals surface area contributed by atoms with E-state index in [-0.39, 0.29) is 24.2 Å². The van der Waals surface area contributed by atoms with E-state index in [1.807, 2.05) is 0 Å². The van der Waals surface area contributed by atoms with E-state index in [1.165, 1.54) is 11.0 Å². The number of nitrogens with one attached hydrogen (secondary N) is 1. The molecule has 34 heavy (non-hydrogen) atoms. The van der Waals surface area contributed by atoms with Gasteiger partial charge in [0.1, 0.15) is 11.4 Å². The lowest BCUT2D eigenvalue weighted by Crippen LogP contribution is -2.51. The number of nitrogens with zero attached hydrogens (tertiary/aromatic N) is 4. The Balaban J connectivity index is 1.23.